The van der Waals surface area contributed by atoms with Crippen molar-refractivity contribution >= 4 is 23.6 Å². The quantitative estimate of drug-likeness (QED) is 0.620. The molecule has 0 bridgehead atoms. The number of aliphatic carboxylic acids is 1. The summed E-state index contributed by atoms with van der Waals surface area (Å²) in [7, 11) is 1.61. The van der Waals surface area contributed by atoms with E-state index in [-0.39, 0.29) is 11.2 Å². The zero-order valence-electron chi connectivity index (χ0n) is 9.86. The summed E-state index contributed by atoms with van der Waals surface area (Å²) in [6.07, 6.45) is 0.758. The van der Waals surface area contributed by atoms with Gasteiger partial charge in [0.2, 0.25) is 5.91 Å². The van der Waals surface area contributed by atoms with Crippen LogP contribution in [0, 0.1) is 0 Å². The highest BCUT2D eigenvalue weighted by molar-refractivity contribution is 8.01. The number of carbonyl (C=O) groups is 2. The second-order valence-corrected chi connectivity index (χ2v) is 5.08. The molecule has 2 atom stereocenters. The van der Waals surface area contributed by atoms with E-state index in [0.717, 1.165) is 18.2 Å². The van der Waals surface area contributed by atoms with Crippen LogP contribution >= 0.6 is 11.8 Å². The van der Waals surface area contributed by atoms with Gasteiger partial charge in [-0.1, -0.05) is 0 Å². The number of hydrogen-bond acceptors (Lipinski definition) is 4. The second kappa shape index (κ2) is 8.41. The summed E-state index contributed by atoms with van der Waals surface area (Å²) < 4.78 is 4.85. The lowest BCUT2D eigenvalue weighted by Crippen LogP contribution is -2.33. The molecule has 0 spiro atoms. The fourth-order valence-corrected chi connectivity index (χ4v) is 1.93. The Bertz CT molecular complexity index is 235. The molecule has 0 radical (unpaired) electrons. The van der Waals surface area contributed by atoms with E-state index < -0.39 is 11.2 Å². The van der Waals surface area contributed by atoms with Crippen LogP contribution in [-0.4, -0.2) is 47.7 Å². The van der Waals surface area contributed by atoms with Crippen LogP contribution in [0.15, 0.2) is 0 Å². The number of nitrogens with one attached hydrogen (secondary N) is 1. The van der Waals surface area contributed by atoms with E-state index >= 15 is 0 Å². The Labute approximate surface area is 99.9 Å². The lowest BCUT2D eigenvalue weighted by atomic mass is 10.4. The van der Waals surface area contributed by atoms with E-state index in [1.807, 2.05) is 0 Å². The van der Waals surface area contributed by atoms with E-state index in [1.165, 1.54) is 0 Å². The summed E-state index contributed by atoms with van der Waals surface area (Å²) in [5.74, 6) is -1.03. The Balaban J connectivity index is 3.77. The number of ether oxygens (including phenoxy) is 1. The summed E-state index contributed by atoms with van der Waals surface area (Å²) in [4.78, 5) is 22.1. The predicted molar refractivity (Wildman–Crippen MR) is 63.7 cm³/mol. The first-order valence-electron chi connectivity index (χ1n) is 5.14. The molecule has 0 aromatic heterocycles. The molecule has 2 unspecified atom stereocenters. The van der Waals surface area contributed by atoms with Crippen LogP contribution < -0.4 is 5.32 Å². The number of carboxylic acid groups (broad SMARTS) is 1. The van der Waals surface area contributed by atoms with Gasteiger partial charge in [-0.05, 0) is 20.3 Å². The first kappa shape index (κ1) is 15.2. The van der Waals surface area contributed by atoms with Crippen molar-refractivity contribution in [2.75, 3.05) is 20.3 Å². The standard InChI is InChI=1S/C10H19NO4S/c1-7(16-8(2)10(13)14)9(12)11-5-4-6-15-3/h7-8H,4-6H2,1-3H3,(H,11,12)(H,13,14). The third-order valence-electron chi connectivity index (χ3n) is 1.95. The van der Waals surface area contributed by atoms with Crippen LogP contribution in [-0.2, 0) is 14.3 Å². The molecule has 6 heteroatoms. The van der Waals surface area contributed by atoms with Gasteiger partial charge < -0.3 is 15.2 Å². The zero-order chi connectivity index (χ0) is 12.6. The Morgan fingerprint density at radius 3 is 2.50 bits per heavy atom. The Morgan fingerprint density at radius 2 is 2.00 bits per heavy atom. The number of amides is 1. The van der Waals surface area contributed by atoms with E-state index in [4.69, 9.17) is 9.84 Å². The number of hydrogen-bond donors (Lipinski definition) is 2. The highest BCUT2D eigenvalue weighted by Gasteiger charge is 2.20. The van der Waals surface area contributed by atoms with Crippen LogP contribution in [0.25, 0.3) is 0 Å². The average Bonchev–Trinajstić information content (AvgIpc) is 2.23. The van der Waals surface area contributed by atoms with Crippen LogP contribution in [0.2, 0.25) is 0 Å². The molecule has 0 aliphatic rings. The van der Waals surface area contributed by atoms with Crippen LogP contribution in [0.5, 0.6) is 0 Å². The van der Waals surface area contributed by atoms with Crippen LogP contribution in [0.3, 0.4) is 0 Å². The molecule has 94 valence electrons. The lowest BCUT2D eigenvalue weighted by molar-refractivity contribution is -0.136. The molecule has 2 N–H and O–H groups in total. The molecule has 0 heterocycles. The molecular formula is C10H19NO4S. The zero-order valence-corrected chi connectivity index (χ0v) is 10.7. The SMILES string of the molecule is COCCCNC(=O)C(C)SC(C)C(=O)O. The van der Waals surface area contributed by atoms with E-state index in [0.29, 0.717) is 13.2 Å². The summed E-state index contributed by atoms with van der Waals surface area (Å²) in [5.41, 5.74) is 0. The normalized spacial score (nSPS) is 14.2. The third kappa shape index (κ3) is 6.68. The minimum absolute atomic E-state index is 0.130. The number of carboxylic acids is 1. The largest absolute Gasteiger partial charge is 0.480 e. The lowest BCUT2D eigenvalue weighted by Gasteiger charge is -2.14. The van der Waals surface area contributed by atoms with Crippen molar-refractivity contribution in [1.29, 1.82) is 0 Å². The smallest absolute Gasteiger partial charge is 0.316 e. The summed E-state index contributed by atoms with van der Waals surface area (Å²) in [5, 5.41) is 10.5. The van der Waals surface area contributed by atoms with Gasteiger partial charge in [-0.15, -0.1) is 11.8 Å². The van der Waals surface area contributed by atoms with Gasteiger partial charge in [0.1, 0.15) is 5.25 Å². The molecule has 0 aromatic rings. The van der Waals surface area contributed by atoms with Gasteiger partial charge in [0.25, 0.3) is 0 Å². The molecule has 5 nitrogen and oxygen atoms in total. The van der Waals surface area contributed by atoms with Crippen molar-refractivity contribution < 1.29 is 19.4 Å². The predicted octanol–water partition coefficient (Wildman–Crippen LogP) is 0.734. The third-order valence-corrected chi connectivity index (χ3v) is 3.18. The van der Waals surface area contributed by atoms with E-state index in [2.05, 4.69) is 5.32 Å². The molecule has 0 aliphatic carbocycles. The van der Waals surface area contributed by atoms with Crippen LogP contribution in [0.1, 0.15) is 20.3 Å². The molecule has 0 saturated heterocycles. The van der Waals surface area contributed by atoms with Crippen molar-refractivity contribution in [1.82, 2.24) is 5.32 Å². The summed E-state index contributed by atoms with van der Waals surface area (Å²) >= 11 is 1.14. The molecule has 0 fully saturated rings. The van der Waals surface area contributed by atoms with Gasteiger partial charge in [-0.3, -0.25) is 9.59 Å². The molecule has 0 aromatic carbocycles. The topological polar surface area (TPSA) is 75.6 Å². The molecule has 1 amide bonds. The van der Waals surface area contributed by atoms with Crippen molar-refractivity contribution in [3.8, 4) is 0 Å². The van der Waals surface area contributed by atoms with Gasteiger partial charge in [0.05, 0.1) is 5.25 Å². The molecule has 0 aliphatic heterocycles. The minimum atomic E-state index is -0.899. The Kier molecular flexibility index (Phi) is 8.01. The number of methoxy groups -OCH3 is 1. The number of thioether (sulfide) groups is 1. The monoisotopic (exact) mass is 249 g/mol. The molecule has 0 rings (SSSR count). The van der Waals surface area contributed by atoms with Crippen molar-refractivity contribution in [2.24, 2.45) is 0 Å². The highest BCUT2D eigenvalue weighted by Crippen LogP contribution is 2.17. The summed E-state index contributed by atoms with van der Waals surface area (Å²) in [6, 6.07) is 0. The first-order chi connectivity index (χ1) is 7.49. The van der Waals surface area contributed by atoms with Gasteiger partial charge >= 0.3 is 5.97 Å². The maximum atomic E-state index is 11.5. The van der Waals surface area contributed by atoms with E-state index in [1.54, 1.807) is 21.0 Å². The van der Waals surface area contributed by atoms with Crippen molar-refractivity contribution in [3.63, 3.8) is 0 Å². The minimum Gasteiger partial charge on any atom is -0.480 e. The Morgan fingerprint density at radius 1 is 1.38 bits per heavy atom. The molecular weight excluding hydrogens is 230 g/mol. The van der Waals surface area contributed by atoms with E-state index in [9.17, 15) is 9.59 Å². The number of carbonyl (C=O) groups excluding carboxylic acids is 1. The van der Waals surface area contributed by atoms with Crippen molar-refractivity contribution in [2.45, 2.75) is 30.8 Å². The van der Waals surface area contributed by atoms with Crippen LogP contribution in [0.4, 0.5) is 0 Å². The fourth-order valence-electron chi connectivity index (χ4n) is 0.998. The van der Waals surface area contributed by atoms with Gasteiger partial charge in [-0.2, -0.15) is 0 Å². The maximum Gasteiger partial charge on any atom is 0.316 e. The summed E-state index contributed by atoms with van der Waals surface area (Å²) in [6.45, 7) is 4.43. The van der Waals surface area contributed by atoms with Gasteiger partial charge in [0, 0.05) is 20.3 Å². The maximum absolute atomic E-state index is 11.5. The fraction of sp³-hybridized carbons (Fsp3) is 0.800. The second-order valence-electron chi connectivity index (χ2n) is 3.40. The Hall–Kier alpha value is -0.750. The number of rotatable bonds is 8. The van der Waals surface area contributed by atoms with Gasteiger partial charge in [-0.25, -0.2) is 0 Å². The molecule has 0 saturated carbocycles. The van der Waals surface area contributed by atoms with Gasteiger partial charge in [0.15, 0.2) is 0 Å². The average molecular weight is 249 g/mol. The van der Waals surface area contributed by atoms with Crippen molar-refractivity contribution in [3.05, 3.63) is 0 Å². The highest BCUT2D eigenvalue weighted by atomic mass is 32.2. The molecule has 16 heavy (non-hydrogen) atoms. The first-order valence-corrected chi connectivity index (χ1v) is 6.08.